The number of aryl methyl sites for hydroxylation is 1. The molecule has 76 valence electrons. The number of hydrogen-bond donors (Lipinski definition) is 1. The summed E-state index contributed by atoms with van der Waals surface area (Å²) in [6.07, 6.45) is 0.305. The molecule has 0 aliphatic carbocycles. The van der Waals surface area contributed by atoms with E-state index in [4.69, 9.17) is 4.74 Å². The Hall–Kier alpha value is -0.540. The van der Waals surface area contributed by atoms with Gasteiger partial charge in [0.15, 0.2) is 0 Å². The van der Waals surface area contributed by atoms with E-state index in [2.05, 4.69) is 15.9 Å². The Morgan fingerprint density at radius 3 is 2.93 bits per heavy atom. The number of ether oxygens (including phenoxy) is 1. The van der Waals surface area contributed by atoms with Gasteiger partial charge in [-0.25, -0.2) is 0 Å². The fourth-order valence-corrected chi connectivity index (χ4v) is 2.22. The summed E-state index contributed by atoms with van der Waals surface area (Å²) in [5.74, 6) is 0.835. The van der Waals surface area contributed by atoms with E-state index in [0.717, 1.165) is 26.9 Å². The average molecular weight is 257 g/mol. The molecule has 0 amide bonds. The molecule has 1 N–H and O–H groups in total. The Balaban J connectivity index is 2.64. The van der Waals surface area contributed by atoms with Crippen molar-refractivity contribution in [3.8, 4) is 5.75 Å². The normalized spacial score (nSPS) is 20.1. The molecule has 1 heterocycles. The molecular formula is C11H13BrO2. The predicted octanol–water partition coefficient (Wildman–Crippen LogP) is 2.88. The second kappa shape index (κ2) is 3.55. The van der Waals surface area contributed by atoms with Crippen molar-refractivity contribution in [1.29, 1.82) is 0 Å². The van der Waals surface area contributed by atoms with Crippen LogP contribution in [0.3, 0.4) is 0 Å². The Morgan fingerprint density at radius 2 is 2.21 bits per heavy atom. The van der Waals surface area contributed by atoms with Crippen LogP contribution in [-0.4, -0.2) is 11.7 Å². The molecule has 0 fully saturated rings. The van der Waals surface area contributed by atoms with Gasteiger partial charge < -0.3 is 9.84 Å². The van der Waals surface area contributed by atoms with Crippen molar-refractivity contribution in [1.82, 2.24) is 0 Å². The molecule has 0 unspecified atom stereocenters. The van der Waals surface area contributed by atoms with Gasteiger partial charge in [0, 0.05) is 16.5 Å². The number of halogens is 1. The monoisotopic (exact) mass is 256 g/mol. The summed E-state index contributed by atoms with van der Waals surface area (Å²) in [4.78, 5) is 0. The summed E-state index contributed by atoms with van der Waals surface area (Å²) in [6.45, 7) is 4.64. The molecule has 0 aromatic heterocycles. The van der Waals surface area contributed by atoms with Gasteiger partial charge >= 0.3 is 0 Å². The van der Waals surface area contributed by atoms with Crippen LogP contribution in [0.25, 0.3) is 0 Å². The molecule has 1 aromatic carbocycles. The molecule has 1 atom stereocenters. The summed E-state index contributed by atoms with van der Waals surface area (Å²) in [5.41, 5.74) is 3.18. The van der Waals surface area contributed by atoms with Gasteiger partial charge in [-0.3, -0.25) is 0 Å². The highest BCUT2D eigenvalue weighted by Gasteiger charge is 2.23. The highest BCUT2D eigenvalue weighted by molar-refractivity contribution is 9.10. The third-order valence-electron chi connectivity index (χ3n) is 2.67. The maximum absolute atomic E-state index is 9.86. The number of benzene rings is 1. The smallest absolute Gasteiger partial charge is 0.125 e. The molecule has 0 radical (unpaired) electrons. The summed E-state index contributed by atoms with van der Waals surface area (Å²) in [7, 11) is 0. The van der Waals surface area contributed by atoms with Crippen LogP contribution >= 0.6 is 15.9 Å². The van der Waals surface area contributed by atoms with Gasteiger partial charge in [-0.1, -0.05) is 15.9 Å². The Morgan fingerprint density at radius 1 is 1.50 bits per heavy atom. The van der Waals surface area contributed by atoms with Crippen LogP contribution in [0, 0.1) is 13.8 Å². The molecular weight excluding hydrogens is 244 g/mol. The van der Waals surface area contributed by atoms with Crippen LogP contribution in [0.5, 0.6) is 5.75 Å². The van der Waals surface area contributed by atoms with E-state index in [9.17, 15) is 5.11 Å². The van der Waals surface area contributed by atoms with Crippen LogP contribution in [0.1, 0.15) is 29.2 Å². The van der Waals surface area contributed by atoms with E-state index in [0.29, 0.717) is 13.0 Å². The zero-order valence-corrected chi connectivity index (χ0v) is 9.89. The number of aliphatic hydroxyl groups excluding tert-OH is 1. The van der Waals surface area contributed by atoms with Crippen LogP contribution in [0.2, 0.25) is 0 Å². The van der Waals surface area contributed by atoms with Crippen molar-refractivity contribution in [3.05, 3.63) is 27.2 Å². The molecule has 0 saturated carbocycles. The summed E-state index contributed by atoms with van der Waals surface area (Å²) in [6, 6.07) is 1.98. The topological polar surface area (TPSA) is 29.5 Å². The van der Waals surface area contributed by atoms with Crippen molar-refractivity contribution in [3.63, 3.8) is 0 Å². The van der Waals surface area contributed by atoms with E-state index in [1.807, 2.05) is 19.9 Å². The van der Waals surface area contributed by atoms with Gasteiger partial charge in [0.25, 0.3) is 0 Å². The molecule has 0 spiro atoms. The number of hydrogen-bond acceptors (Lipinski definition) is 2. The minimum Gasteiger partial charge on any atom is -0.493 e. The lowest BCUT2D eigenvalue weighted by atomic mass is 9.96. The quantitative estimate of drug-likeness (QED) is 0.774. The molecule has 1 aromatic rings. The van der Waals surface area contributed by atoms with E-state index in [-0.39, 0.29) is 6.10 Å². The maximum atomic E-state index is 9.86. The van der Waals surface area contributed by atoms with Gasteiger partial charge in [-0.05, 0) is 31.0 Å². The zero-order chi connectivity index (χ0) is 10.3. The molecule has 2 rings (SSSR count). The lowest BCUT2D eigenvalue weighted by Crippen LogP contribution is -2.15. The second-order valence-corrected chi connectivity index (χ2v) is 4.49. The fourth-order valence-electron chi connectivity index (χ4n) is 1.89. The van der Waals surface area contributed by atoms with Crippen molar-refractivity contribution in [2.24, 2.45) is 0 Å². The van der Waals surface area contributed by atoms with Crippen molar-refractivity contribution >= 4 is 15.9 Å². The van der Waals surface area contributed by atoms with Gasteiger partial charge in [0.1, 0.15) is 5.75 Å². The number of aliphatic hydroxyl groups is 1. The minimum absolute atomic E-state index is 0.379. The Bertz CT molecular complexity index is 374. The summed E-state index contributed by atoms with van der Waals surface area (Å²) < 4.78 is 6.60. The predicted molar refractivity (Wildman–Crippen MR) is 58.7 cm³/mol. The summed E-state index contributed by atoms with van der Waals surface area (Å²) in [5, 5.41) is 9.86. The lowest BCUT2D eigenvalue weighted by molar-refractivity contribution is 0.114. The van der Waals surface area contributed by atoms with Gasteiger partial charge in [0.05, 0.1) is 12.7 Å². The van der Waals surface area contributed by atoms with Gasteiger partial charge in [-0.15, -0.1) is 0 Å². The van der Waals surface area contributed by atoms with Crippen LogP contribution in [0.4, 0.5) is 0 Å². The van der Waals surface area contributed by atoms with Crippen LogP contribution in [-0.2, 0) is 0 Å². The lowest BCUT2D eigenvalue weighted by Gasteiger charge is -2.25. The molecule has 1 aliphatic rings. The van der Waals surface area contributed by atoms with Crippen LogP contribution < -0.4 is 4.74 Å². The first-order chi connectivity index (χ1) is 6.61. The van der Waals surface area contributed by atoms with Crippen LogP contribution in [0.15, 0.2) is 10.5 Å². The van der Waals surface area contributed by atoms with E-state index in [1.54, 1.807) is 0 Å². The molecule has 3 heteroatoms. The van der Waals surface area contributed by atoms with Gasteiger partial charge in [0.2, 0.25) is 0 Å². The first-order valence-electron chi connectivity index (χ1n) is 4.71. The van der Waals surface area contributed by atoms with E-state index < -0.39 is 0 Å². The van der Waals surface area contributed by atoms with E-state index >= 15 is 0 Å². The first-order valence-corrected chi connectivity index (χ1v) is 5.51. The average Bonchev–Trinajstić information content (AvgIpc) is 2.14. The Labute approximate surface area is 92.0 Å². The SMILES string of the molecule is Cc1cc2c(c(C)c1Br)[C@@H](O)CCO2. The third kappa shape index (κ3) is 1.44. The molecule has 0 bridgehead atoms. The minimum atomic E-state index is -0.379. The second-order valence-electron chi connectivity index (χ2n) is 3.70. The molecule has 2 nitrogen and oxygen atoms in total. The van der Waals surface area contributed by atoms with Crippen molar-refractivity contribution < 1.29 is 9.84 Å². The molecule has 1 aliphatic heterocycles. The number of rotatable bonds is 0. The highest BCUT2D eigenvalue weighted by Crippen LogP contribution is 2.39. The van der Waals surface area contributed by atoms with E-state index in [1.165, 1.54) is 0 Å². The fraction of sp³-hybridized carbons (Fsp3) is 0.455. The largest absolute Gasteiger partial charge is 0.493 e. The highest BCUT2D eigenvalue weighted by atomic mass is 79.9. The van der Waals surface area contributed by atoms with Crippen molar-refractivity contribution in [2.75, 3.05) is 6.61 Å². The maximum Gasteiger partial charge on any atom is 0.125 e. The standard InChI is InChI=1S/C11H13BrO2/c1-6-5-9-10(7(2)11(6)12)8(13)3-4-14-9/h5,8,13H,3-4H2,1-2H3/t8-/m0/s1. The zero-order valence-electron chi connectivity index (χ0n) is 8.30. The van der Waals surface area contributed by atoms with Gasteiger partial charge in [-0.2, -0.15) is 0 Å². The first kappa shape index (κ1) is 9.99. The molecule has 0 saturated heterocycles. The van der Waals surface area contributed by atoms with Crippen molar-refractivity contribution in [2.45, 2.75) is 26.4 Å². The summed E-state index contributed by atoms with van der Waals surface area (Å²) >= 11 is 3.52. The number of fused-ring (bicyclic) bond motifs is 1. The Kier molecular flexibility index (Phi) is 2.54. The molecule has 14 heavy (non-hydrogen) atoms. The third-order valence-corrected chi connectivity index (χ3v) is 3.89.